The van der Waals surface area contributed by atoms with Gasteiger partial charge in [-0.05, 0) is 149 Å². The van der Waals surface area contributed by atoms with Crippen molar-refractivity contribution in [1.82, 2.24) is 0 Å². The Morgan fingerprint density at radius 2 is 1.08 bits per heavy atom. The minimum Gasteiger partial charge on any atom is -0.454 e. The van der Waals surface area contributed by atoms with Crippen molar-refractivity contribution in [2.45, 2.75) is 57.4 Å². The zero-order valence-electron chi connectivity index (χ0n) is 42.3. The fourth-order valence-corrected chi connectivity index (χ4v) is 15.5. The molecule has 4 nitrogen and oxygen atoms in total. The lowest BCUT2D eigenvalue weighted by Gasteiger charge is -2.50. The molecule has 2 atom stereocenters. The highest BCUT2D eigenvalue weighted by Gasteiger charge is 2.58. The highest BCUT2D eigenvalue weighted by Crippen LogP contribution is 2.62. The quantitative estimate of drug-likeness (QED) is 0.160. The van der Waals surface area contributed by atoms with Crippen LogP contribution in [0.4, 0.5) is 45.5 Å². The van der Waals surface area contributed by atoms with Crippen molar-refractivity contribution in [3.05, 3.63) is 223 Å². The largest absolute Gasteiger partial charge is 0.454 e. The number of rotatable bonds is 5. The normalized spacial score (nSPS) is 18.4. The number of para-hydroxylation sites is 2. The molecule has 3 aliphatic heterocycles. The van der Waals surface area contributed by atoms with Crippen LogP contribution in [0.25, 0.3) is 64.4 Å². The number of thiophene rings is 1. The highest BCUT2D eigenvalue weighted by molar-refractivity contribution is 7.26. The topological polar surface area (TPSA) is 22.9 Å². The summed E-state index contributed by atoms with van der Waals surface area (Å²) in [7, 11) is 0. The van der Waals surface area contributed by atoms with Crippen LogP contribution < -0.4 is 31.1 Å². The first-order chi connectivity index (χ1) is 36.8. The lowest BCUT2D eigenvalue weighted by atomic mass is 9.33. The number of hydrogen-bond acceptors (Lipinski definition) is 5. The number of fused-ring (bicyclic) bond motifs is 13. The summed E-state index contributed by atoms with van der Waals surface area (Å²) < 4.78 is 9.63. The van der Waals surface area contributed by atoms with Crippen LogP contribution in [0.15, 0.2) is 217 Å². The van der Waals surface area contributed by atoms with Gasteiger partial charge in [0.05, 0.1) is 16.9 Å². The van der Waals surface area contributed by atoms with E-state index in [2.05, 4.69) is 248 Å². The molecule has 0 N–H and O–H groups in total. The summed E-state index contributed by atoms with van der Waals surface area (Å²) in [5.41, 5.74) is 22.7. The minimum absolute atomic E-state index is 0.0433. The van der Waals surface area contributed by atoms with E-state index in [1.165, 1.54) is 123 Å². The summed E-state index contributed by atoms with van der Waals surface area (Å²) in [6.07, 6.45) is 4.71. The van der Waals surface area contributed by atoms with Crippen LogP contribution in [0, 0.1) is 6.92 Å². The molecule has 4 aliphatic rings. The predicted octanol–water partition coefficient (Wildman–Crippen LogP) is 17.4. The predicted molar refractivity (Wildman–Crippen MR) is 319 cm³/mol. The van der Waals surface area contributed by atoms with Gasteiger partial charge in [-0.3, -0.25) is 0 Å². The van der Waals surface area contributed by atoms with Gasteiger partial charge in [0.15, 0.2) is 5.58 Å². The van der Waals surface area contributed by atoms with E-state index in [0.29, 0.717) is 0 Å². The van der Waals surface area contributed by atoms with Gasteiger partial charge in [-0.1, -0.05) is 159 Å². The Balaban J connectivity index is 0.985. The van der Waals surface area contributed by atoms with E-state index in [1.807, 2.05) is 11.3 Å². The van der Waals surface area contributed by atoms with Crippen molar-refractivity contribution < 1.29 is 4.42 Å². The number of hydrogen-bond donors (Lipinski definition) is 0. The van der Waals surface area contributed by atoms with Gasteiger partial charge in [-0.15, -0.1) is 11.3 Å². The molecule has 2 aromatic heterocycles. The fourth-order valence-electron chi connectivity index (χ4n) is 14.4. The molecule has 0 saturated heterocycles. The van der Waals surface area contributed by atoms with Gasteiger partial charge in [0.1, 0.15) is 5.58 Å². The Morgan fingerprint density at radius 3 is 1.88 bits per heavy atom. The smallest absolute Gasteiger partial charge is 0.252 e. The van der Waals surface area contributed by atoms with Gasteiger partial charge in [0.25, 0.3) is 6.71 Å². The second-order valence-corrected chi connectivity index (χ2v) is 23.0. The first kappa shape index (κ1) is 43.1. The third-order valence-corrected chi connectivity index (χ3v) is 19.2. The van der Waals surface area contributed by atoms with E-state index in [9.17, 15) is 0 Å². The van der Waals surface area contributed by atoms with Crippen LogP contribution in [0.2, 0.25) is 0 Å². The molecular weight excluding hydrogens is 930 g/mol. The maximum atomic E-state index is 7.04. The molecule has 0 radical (unpaired) electrons. The molecule has 12 aromatic rings. The lowest BCUT2D eigenvalue weighted by Crippen LogP contribution is -2.61. The molecule has 0 spiro atoms. The first-order valence-corrected chi connectivity index (χ1v) is 27.6. The van der Waals surface area contributed by atoms with Crippen LogP contribution in [-0.2, 0) is 5.41 Å². The SMILES string of the molecule is Cc1cc2c3c(c1)N(c1cccc4sc5ccccc5c14)c1cc(-c4ccccc4)ccc1B3c1ccc(N3c4ccc(-c5ccccc5)cc4C4(C)CCCCC34C)cc1N2c1cccc2c1oc1ccccc12. The summed E-state index contributed by atoms with van der Waals surface area (Å²) in [5, 5.41) is 4.82. The van der Waals surface area contributed by atoms with Gasteiger partial charge < -0.3 is 19.1 Å². The van der Waals surface area contributed by atoms with Crippen molar-refractivity contribution >= 4 is 122 Å². The molecule has 5 heterocycles. The Morgan fingerprint density at radius 1 is 0.467 bits per heavy atom. The molecule has 2 unspecified atom stereocenters. The second-order valence-electron chi connectivity index (χ2n) is 22.0. The Kier molecular flexibility index (Phi) is 9.11. The third kappa shape index (κ3) is 6.00. The number of anilines is 8. The molecule has 0 bridgehead atoms. The summed E-state index contributed by atoms with van der Waals surface area (Å²) in [6.45, 7) is 7.33. The van der Waals surface area contributed by atoms with Gasteiger partial charge in [0, 0.05) is 70.5 Å². The second kappa shape index (κ2) is 15.8. The zero-order valence-corrected chi connectivity index (χ0v) is 43.1. The first-order valence-electron chi connectivity index (χ1n) is 26.7. The fraction of sp³-hybridized carbons (Fsp3) is 0.130. The maximum Gasteiger partial charge on any atom is 0.252 e. The van der Waals surface area contributed by atoms with Crippen LogP contribution in [0.1, 0.15) is 50.7 Å². The van der Waals surface area contributed by atoms with Crippen molar-refractivity contribution in [3.63, 3.8) is 0 Å². The average Bonchev–Trinajstić information content (AvgIpc) is 4.16. The molecule has 1 saturated carbocycles. The van der Waals surface area contributed by atoms with Gasteiger partial charge in [-0.2, -0.15) is 0 Å². The maximum absolute atomic E-state index is 7.04. The molecule has 10 aromatic carbocycles. The van der Waals surface area contributed by atoms with Gasteiger partial charge in [-0.25, -0.2) is 0 Å². The van der Waals surface area contributed by atoms with Crippen molar-refractivity contribution in [3.8, 4) is 22.3 Å². The molecule has 6 heteroatoms. The van der Waals surface area contributed by atoms with E-state index in [-0.39, 0.29) is 17.7 Å². The summed E-state index contributed by atoms with van der Waals surface area (Å²) in [5.74, 6) is 0. The molecular formula is C69H52BN3OS. The van der Waals surface area contributed by atoms with E-state index in [4.69, 9.17) is 4.42 Å². The molecule has 75 heavy (non-hydrogen) atoms. The van der Waals surface area contributed by atoms with Crippen LogP contribution in [0.3, 0.4) is 0 Å². The summed E-state index contributed by atoms with van der Waals surface area (Å²) in [4.78, 5) is 7.94. The monoisotopic (exact) mass is 981 g/mol. The van der Waals surface area contributed by atoms with Gasteiger partial charge in [0.2, 0.25) is 0 Å². The standard InChI is InChI=1S/C69H52BN3OS/c1-43-38-60-66-61(39-43)72(57-26-16-24-50-49-22-10-12-27-62(49)74-67(50)57)59-42-48(73-55-35-31-46(44-18-6-4-7-19-44)40-52(55)68(2)36-14-15-37-69(68,73)3)32-34-54(59)70(66)53-33-30-47(45-20-8-5-9-21-45)41-58(53)71(60)56-25-17-29-64-65(56)51-23-11-13-28-63(51)75-64/h4-13,16-35,38-42H,14-15,36-37H2,1-3H3. The van der Waals surface area contributed by atoms with E-state index in [1.54, 1.807) is 0 Å². The van der Waals surface area contributed by atoms with E-state index in [0.717, 1.165) is 40.5 Å². The van der Waals surface area contributed by atoms with E-state index >= 15 is 0 Å². The molecule has 1 fully saturated rings. The third-order valence-electron chi connectivity index (χ3n) is 18.0. The number of benzene rings is 10. The molecule has 16 rings (SSSR count). The Labute approximate surface area is 441 Å². The number of aryl methyl sites for hydroxylation is 1. The van der Waals surface area contributed by atoms with Crippen molar-refractivity contribution in [1.29, 1.82) is 0 Å². The lowest BCUT2D eigenvalue weighted by molar-refractivity contribution is 0.195. The number of nitrogens with zero attached hydrogens (tertiary/aromatic N) is 3. The Bertz CT molecular complexity index is 4350. The molecule has 1 aliphatic carbocycles. The average molecular weight is 982 g/mol. The van der Waals surface area contributed by atoms with E-state index < -0.39 is 0 Å². The van der Waals surface area contributed by atoms with Gasteiger partial charge >= 0.3 is 0 Å². The zero-order chi connectivity index (χ0) is 49.7. The minimum atomic E-state index is -0.143. The van der Waals surface area contributed by atoms with Crippen LogP contribution >= 0.6 is 11.3 Å². The van der Waals surface area contributed by atoms with Crippen molar-refractivity contribution in [2.75, 3.05) is 14.7 Å². The summed E-state index contributed by atoms with van der Waals surface area (Å²) >= 11 is 1.88. The molecule has 0 amide bonds. The highest BCUT2D eigenvalue weighted by atomic mass is 32.1. The van der Waals surface area contributed by atoms with Crippen molar-refractivity contribution in [2.24, 2.45) is 0 Å². The van der Waals surface area contributed by atoms with Crippen LogP contribution in [0.5, 0.6) is 0 Å². The Hall–Kier alpha value is -8.32. The summed E-state index contributed by atoms with van der Waals surface area (Å²) in [6, 6.07) is 79.8. The molecule has 358 valence electrons. The number of furan rings is 1. The van der Waals surface area contributed by atoms with Crippen LogP contribution in [-0.4, -0.2) is 12.3 Å².